The summed E-state index contributed by atoms with van der Waals surface area (Å²) >= 11 is 0. The summed E-state index contributed by atoms with van der Waals surface area (Å²) in [6.07, 6.45) is 1.09. The fourth-order valence-electron chi connectivity index (χ4n) is 2.69. The molecule has 0 radical (unpaired) electrons. The van der Waals surface area contributed by atoms with Crippen LogP contribution in [0.1, 0.15) is 18.9 Å². The van der Waals surface area contributed by atoms with Gasteiger partial charge in [0, 0.05) is 0 Å². The van der Waals surface area contributed by atoms with Crippen LogP contribution in [0.5, 0.6) is 0 Å². The van der Waals surface area contributed by atoms with Crippen LogP contribution in [-0.4, -0.2) is 36.0 Å². The number of rotatable bonds is 3. The molecule has 0 aliphatic carbocycles. The van der Waals surface area contributed by atoms with Crippen molar-refractivity contribution >= 4 is 6.09 Å². The predicted octanol–water partition coefficient (Wildman–Crippen LogP) is 2.18. The van der Waals surface area contributed by atoms with Gasteiger partial charge in [0.1, 0.15) is 6.10 Å². The quantitative estimate of drug-likeness (QED) is 0.821. The topological polar surface area (TPSA) is 38.8 Å². The summed E-state index contributed by atoms with van der Waals surface area (Å²) < 4.78 is 11.0. The number of amides is 1. The third kappa shape index (κ3) is 1.86. The average Bonchev–Trinajstić information content (AvgIpc) is 2.93. The van der Waals surface area contributed by atoms with E-state index >= 15 is 0 Å². The lowest BCUT2D eigenvalue weighted by Crippen LogP contribution is -2.38. The summed E-state index contributed by atoms with van der Waals surface area (Å²) in [4.78, 5) is 13.6. The summed E-state index contributed by atoms with van der Waals surface area (Å²) in [6, 6.07) is 10.3. The van der Waals surface area contributed by atoms with Crippen molar-refractivity contribution in [3.05, 3.63) is 35.9 Å². The summed E-state index contributed by atoms with van der Waals surface area (Å²) in [6.45, 7) is 2.61. The maximum Gasteiger partial charge on any atom is 0.412 e. The van der Waals surface area contributed by atoms with E-state index in [1.165, 1.54) is 5.56 Å². The number of hydrogen-bond acceptors (Lipinski definition) is 3. The molecule has 0 aromatic heterocycles. The van der Waals surface area contributed by atoms with Crippen LogP contribution in [0.3, 0.4) is 0 Å². The van der Waals surface area contributed by atoms with Crippen LogP contribution in [0.25, 0.3) is 0 Å². The van der Waals surface area contributed by atoms with Crippen LogP contribution in [0.2, 0.25) is 0 Å². The zero-order chi connectivity index (χ0) is 12.5. The third-order valence-electron chi connectivity index (χ3n) is 3.62. The van der Waals surface area contributed by atoms with Gasteiger partial charge in [0.25, 0.3) is 0 Å². The molecule has 2 heterocycles. The van der Waals surface area contributed by atoms with E-state index in [1.54, 1.807) is 4.90 Å². The molecule has 1 amide bonds. The van der Waals surface area contributed by atoms with Gasteiger partial charge in [-0.1, -0.05) is 37.3 Å². The van der Waals surface area contributed by atoms with Gasteiger partial charge in [-0.3, -0.25) is 4.90 Å². The van der Waals surface area contributed by atoms with Crippen molar-refractivity contribution in [2.45, 2.75) is 38.1 Å². The van der Waals surface area contributed by atoms with E-state index in [0.29, 0.717) is 6.61 Å². The molecular formula is C14H17NO3. The Morgan fingerprint density at radius 2 is 2.11 bits per heavy atom. The van der Waals surface area contributed by atoms with Gasteiger partial charge in [-0.15, -0.1) is 0 Å². The van der Waals surface area contributed by atoms with Crippen LogP contribution in [-0.2, 0) is 15.9 Å². The number of cyclic esters (lactones) is 1. The van der Waals surface area contributed by atoms with Crippen LogP contribution in [0.15, 0.2) is 30.3 Å². The van der Waals surface area contributed by atoms with Crippen molar-refractivity contribution in [3.63, 3.8) is 0 Å². The third-order valence-corrected chi connectivity index (χ3v) is 3.62. The highest BCUT2D eigenvalue weighted by molar-refractivity contribution is 5.71. The Hall–Kier alpha value is -1.55. The Bertz CT molecular complexity index is 434. The molecule has 96 valence electrons. The average molecular weight is 247 g/mol. The zero-order valence-corrected chi connectivity index (χ0v) is 10.4. The summed E-state index contributed by atoms with van der Waals surface area (Å²) in [7, 11) is 0. The minimum Gasteiger partial charge on any atom is -0.441 e. The van der Waals surface area contributed by atoms with Crippen LogP contribution in [0.4, 0.5) is 4.79 Å². The van der Waals surface area contributed by atoms with Crippen molar-refractivity contribution in [1.29, 1.82) is 0 Å². The van der Waals surface area contributed by atoms with E-state index in [4.69, 9.17) is 9.47 Å². The number of ether oxygens (including phenoxy) is 2. The molecule has 3 rings (SSSR count). The van der Waals surface area contributed by atoms with Gasteiger partial charge in [0.05, 0.1) is 12.6 Å². The Kier molecular flexibility index (Phi) is 2.96. The van der Waals surface area contributed by atoms with Gasteiger partial charge in [0.15, 0.2) is 6.23 Å². The molecule has 2 saturated heterocycles. The highest BCUT2D eigenvalue weighted by Gasteiger charge is 2.49. The first kappa shape index (κ1) is 11.5. The largest absolute Gasteiger partial charge is 0.441 e. The van der Waals surface area contributed by atoms with Gasteiger partial charge in [-0.25, -0.2) is 4.79 Å². The molecule has 3 atom stereocenters. The Labute approximate surface area is 106 Å². The van der Waals surface area contributed by atoms with Crippen molar-refractivity contribution in [1.82, 2.24) is 4.90 Å². The van der Waals surface area contributed by atoms with E-state index in [1.807, 2.05) is 25.1 Å². The maximum absolute atomic E-state index is 11.8. The number of nitrogens with zero attached hydrogens (tertiary/aromatic N) is 1. The van der Waals surface area contributed by atoms with Crippen molar-refractivity contribution in [3.8, 4) is 0 Å². The van der Waals surface area contributed by atoms with Crippen LogP contribution >= 0.6 is 0 Å². The standard InChI is InChI=1S/C14H17NO3/c1-2-12-13-15(14(16)18-12)11(9-17-13)8-10-6-4-3-5-7-10/h3-7,11-13H,2,8-9H2,1H3/t11-,12+,13-/m0/s1. The second kappa shape index (κ2) is 4.61. The summed E-state index contributed by atoms with van der Waals surface area (Å²) in [5.74, 6) is 0. The fourth-order valence-corrected chi connectivity index (χ4v) is 2.69. The van der Waals surface area contributed by atoms with Crippen LogP contribution < -0.4 is 0 Å². The molecule has 2 aliphatic rings. The first-order valence-corrected chi connectivity index (χ1v) is 6.44. The first-order chi connectivity index (χ1) is 8.79. The molecule has 4 heteroatoms. The van der Waals surface area contributed by atoms with Crippen molar-refractivity contribution < 1.29 is 14.3 Å². The number of hydrogen-bond donors (Lipinski definition) is 0. The van der Waals surface area contributed by atoms with Gasteiger partial charge in [-0.05, 0) is 18.4 Å². The molecule has 1 aromatic rings. The van der Waals surface area contributed by atoms with Gasteiger partial charge < -0.3 is 9.47 Å². The van der Waals surface area contributed by atoms with Crippen molar-refractivity contribution in [2.24, 2.45) is 0 Å². The van der Waals surface area contributed by atoms with Crippen molar-refractivity contribution in [2.75, 3.05) is 6.61 Å². The smallest absolute Gasteiger partial charge is 0.412 e. The van der Waals surface area contributed by atoms with E-state index in [9.17, 15) is 4.79 Å². The molecule has 18 heavy (non-hydrogen) atoms. The molecule has 0 N–H and O–H groups in total. The number of carbonyl (C=O) groups excluding carboxylic acids is 1. The highest BCUT2D eigenvalue weighted by atomic mass is 16.6. The molecule has 2 fully saturated rings. The number of benzene rings is 1. The SMILES string of the molecule is CC[C@H]1OC(=O)N2[C@@H](Cc3ccccc3)CO[C@@H]12. The summed E-state index contributed by atoms with van der Waals surface area (Å²) in [5.41, 5.74) is 1.22. The highest BCUT2D eigenvalue weighted by Crippen LogP contribution is 2.31. The Morgan fingerprint density at radius 1 is 1.33 bits per heavy atom. The molecule has 2 aliphatic heterocycles. The second-order valence-electron chi connectivity index (χ2n) is 4.81. The van der Waals surface area contributed by atoms with E-state index < -0.39 is 0 Å². The number of fused-ring (bicyclic) bond motifs is 1. The Balaban J connectivity index is 1.74. The normalized spacial score (nSPS) is 30.4. The van der Waals surface area contributed by atoms with E-state index in [2.05, 4.69) is 12.1 Å². The minimum atomic E-state index is -0.231. The predicted molar refractivity (Wildman–Crippen MR) is 66.1 cm³/mol. The lowest BCUT2D eigenvalue weighted by molar-refractivity contribution is 0.00836. The number of carbonyl (C=O) groups is 1. The zero-order valence-electron chi connectivity index (χ0n) is 10.4. The molecule has 0 saturated carbocycles. The molecule has 0 bridgehead atoms. The molecule has 4 nitrogen and oxygen atoms in total. The fraction of sp³-hybridized carbons (Fsp3) is 0.500. The second-order valence-corrected chi connectivity index (χ2v) is 4.81. The minimum absolute atomic E-state index is 0.0986. The lowest BCUT2D eigenvalue weighted by Gasteiger charge is -2.19. The first-order valence-electron chi connectivity index (χ1n) is 6.44. The molecule has 1 aromatic carbocycles. The molecule has 0 unspecified atom stereocenters. The maximum atomic E-state index is 11.8. The van der Waals surface area contributed by atoms with Gasteiger partial charge in [0.2, 0.25) is 0 Å². The molecular weight excluding hydrogens is 230 g/mol. The van der Waals surface area contributed by atoms with Gasteiger partial charge >= 0.3 is 6.09 Å². The molecule has 0 spiro atoms. The van der Waals surface area contributed by atoms with E-state index in [0.717, 1.165) is 12.8 Å². The van der Waals surface area contributed by atoms with Gasteiger partial charge in [-0.2, -0.15) is 0 Å². The van der Waals surface area contributed by atoms with Crippen LogP contribution in [0, 0.1) is 0 Å². The monoisotopic (exact) mass is 247 g/mol. The Morgan fingerprint density at radius 3 is 2.83 bits per heavy atom. The lowest BCUT2D eigenvalue weighted by atomic mass is 10.1. The summed E-state index contributed by atoms with van der Waals surface area (Å²) in [5, 5.41) is 0. The van der Waals surface area contributed by atoms with E-state index in [-0.39, 0.29) is 24.5 Å².